The van der Waals surface area contributed by atoms with Gasteiger partial charge in [-0.1, -0.05) is 6.07 Å². The number of carbonyl (C=O) groups excluding carboxylic acids is 1. The minimum atomic E-state index is -0.132. The Labute approximate surface area is 104 Å². The number of nitrogen functional groups attached to an aromatic ring is 1. The van der Waals surface area contributed by atoms with Gasteiger partial charge in [0.05, 0.1) is 6.20 Å². The molecule has 0 unspecified atom stereocenters. The molecule has 92 valence electrons. The Kier molecular flexibility index (Phi) is 2.29. The quantitative estimate of drug-likeness (QED) is 0.744. The van der Waals surface area contributed by atoms with Gasteiger partial charge >= 0.3 is 0 Å². The van der Waals surface area contributed by atoms with Crippen LogP contribution in [0.3, 0.4) is 0 Å². The number of carbonyl (C=O) groups is 1. The molecule has 1 aliphatic rings. The van der Waals surface area contributed by atoms with Gasteiger partial charge in [0.25, 0.3) is 5.91 Å². The molecule has 6 nitrogen and oxygen atoms in total. The van der Waals surface area contributed by atoms with Gasteiger partial charge in [0, 0.05) is 25.0 Å². The van der Waals surface area contributed by atoms with Crippen LogP contribution >= 0.6 is 0 Å². The first kappa shape index (κ1) is 10.8. The van der Waals surface area contributed by atoms with Crippen molar-refractivity contribution in [1.82, 2.24) is 15.0 Å². The summed E-state index contributed by atoms with van der Waals surface area (Å²) in [5.74, 6) is -0.132. The minimum Gasteiger partial charge on any atom is -0.399 e. The lowest BCUT2D eigenvalue weighted by Gasteiger charge is -2.15. The Morgan fingerprint density at radius 2 is 2.28 bits per heavy atom. The lowest BCUT2D eigenvalue weighted by Crippen LogP contribution is -2.29. The van der Waals surface area contributed by atoms with Crippen LogP contribution in [0.25, 0.3) is 0 Å². The zero-order valence-electron chi connectivity index (χ0n) is 10.00. The smallest absolute Gasteiger partial charge is 0.280 e. The number of amides is 1. The van der Waals surface area contributed by atoms with Crippen LogP contribution in [0, 0.1) is 0 Å². The number of aromatic nitrogens is 3. The first-order valence-corrected chi connectivity index (χ1v) is 5.72. The number of aryl methyl sites for hydroxylation is 1. The van der Waals surface area contributed by atoms with Gasteiger partial charge in [-0.2, -0.15) is 9.90 Å². The lowest BCUT2D eigenvalue weighted by molar-refractivity contribution is 0.0984. The van der Waals surface area contributed by atoms with Crippen LogP contribution in [0.1, 0.15) is 16.1 Å². The van der Waals surface area contributed by atoms with Gasteiger partial charge in [-0.05, 0) is 24.1 Å². The minimum absolute atomic E-state index is 0.132. The molecule has 1 amide bonds. The van der Waals surface area contributed by atoms with Gasteiger partial charge in [0.15, 0.2) is 5.69 Å². The van der Waals surface area contributed by atoms with Crippen LogP contribution < -0.4 is 10.6 Å². The topological polar surface area (TPSA) is 77.0 Å². The van der Waals surface area contributed by atoms with E-state index >= 15 is 0 Å². The second-order valence-electron chi connectivity index (χ2n) is 4.31. The molecule has 1 aliphatic heterocycles. The normalized spacial score (nSPS) is 13.7. The summed E-state index contributed by atoms with van der Waals surface area (Å²) >= 11 is 0. The fourth-order valence-corrected chi connectivity index (χ4v) is 2.19. The van der Waals surface area contributed by atoms with Crippen LogP contribution in [0.2, 0.25) is 0 Å². The Balaban J connectivity index is 1.96. The summed E-state index contributed by atoms with van der Waals surface area (Å²) in [7, 11) is 1.69. The van der Waals surface area contributed by atoms with Crippen molar-refractivity contribution in [3.05, 3.63) is 35.7 Å². The highest BCUT2D eigenvalue weighted by atomic mass is 16.2. The molecule has 0 spiro atoms. The van der Waals surface area contributed by atoms with Crippen molar-refractivity contribution in [1.29, 1.82) is 0 Å². The molecule has 18 heavy (non-hydrogen) atoms. The summed E-state index contributed by atoms with van der Waals surface area (Å²) in [5, 5.41) is 7.95. The molecule has 0 aliphatic carbocycles. The van der Waals surface area contributed by atoms with E-state index in [4.69, 9.17) is 5.73 Å². The van der Waals surface area contributed by atoms with E-state index < -0.39 is 0 Å². The van der Waals surface area contributed by atoms with Crippen LogP contribution in [-0.2, 0) is 13.5 Å². The fourth-order valence-electron chi connectivity index (χ4n) is 2.19. The van der Waals surface area contributed by atoms with E-state index in [0.29, 0.717) is 17.9 Å². The molecule has 0 atom stereocenters. The van der Waals surface area contributed by atoms with Crippen LogP contribution in [0.4, 0.5) is 11.4 Å². The van der Waals surface area contributed by atoms with E-state index in [0.717, 1.165) is 17.7 Å². The maximum Gasteiger partial charge on any atom is 0.280 e. The maximum absolute atomic E-state index is 12.3. The van der Waals surface area contributed by atoms with E-state index in [1.165, 1.54) is 11.0 Å². The van der Waals surface area contributed by atoms with Crippen molar-refractivity contribution >= 4 is 17.3 Å². The third-order valence-corrected chi connectivity index (χ3v) is 3.07. The monoisotopic (exact) mass is 243 g/mol. The second-order valence-corrected chi connectivity index (χ2v) is 4.31. The van der Waals surface area contributed by atoms with Crippen molar-refractivity contribution in [2.45, 2.75) is 6.42 Å². The number of anilines is 2. The van der Waals surface area contributed by atoms with Gasteiger partial charge in [-0.15, -0.1) is 5.10 Å². The Hall–Kier alpha value is -2.37. The summed E-state index contributed by atoms with van der Waals surface area (Å²) in [6.45, 7) is 0.661. The first-order chi connectivity index (χ1) is 8.65. The van der Waals surface area contributed by atoms with Crippen LogP contribution in [0.15, 0.2) is 24.4 Å². The predicted octanol–water partition coefficient (Wildman–Crippen LogP) is 0.600. The van der Waals surface area contributed by atoms with Gasteiger partial charge in [-0.3, -0.25) is 4.79 Å². The molecular formula is C12H13N5O. The highest BCUT2D eigenvalue weighted by molar-refractivity contribution is 6.06. The van der Waals surface area contributed by atoms with E-state index in [1.54, 1.807) is 11.9 Å². The summed E-state index contributed by atoms with van der Waals surface area (Å²) < 4.78 is 0. The van der Waals surface area contributed by atoms with Gasteiger partial charge in [-0.25, -0.2) is 0 Å². The van der Waals surface area contributed by atoms with E-state index in [2.05, 4.69) is 10.2 Å². The third-order valence-electron chi connectivity index (χ3n) is 3.07. The summed E-state index contributed by atoms with van der Waals surface area (Å²) in [4.78, 5) is 15.4. The number of nitrogens with zero attached hydrogens (tertiary/aromatic N) is 4. The number of rotatable bonds is 1. The average molecular weight is 243 g/mol. The number of hydrogen-bond acceptors (Lipinski definition) is 4. The molecular weight excluding hydrogens is 230 g/mol. The van der Waals surface area contributed by atoms with Crippen LogP contribution in [-0.4, -0.2) is 27.4 Å². The standard InChI is InChI=1S/C12H13N5O/c1-16-14-7-10(15-16)12(18)17-5-4-8-2-3-9(13)6-11(8)17/h2-3,6-7H,4-5,13H2,1H3. The molecule has 1 aromatic carbocycles. The van der Waals surface area contributed by atoms with Crippen LogP contribution in [0.5, 0.6) is 0 Å². The van der Waals surface area contributed by atoms with Gasteiger partial charge in [0.1, 0.15) is 0 Å². The van der Waals surface area contributed by atoms with E-state index in [1.807, 2.05) is 18.2 Å². The highest BCUT2D eigenvalue weighted by Crippen LogP contribution is 2.30. The molecule has 1 aromatic heterocycles. The number of nitrogens with two attached hydrogens (primary N) is 1. The summed E-state index contributed by atoms with van der Waals surface area (Å²) in [6, 6.07) is 5.65. The van der Waals surface area contributed by atoms with Crippen molar-refractivity contribution in [2.24, 2.45) is 7.05 Å². The van der Waals surface area contributed by atoms with Crippen molar-refractivity contribution in [2.75, 3.05) is 17.2 Å². The summed E-state index contributed by atoms with van der Waals surface area (Å²) in [6.07, 6.45) is 2.33. The molecule has 0 fully saturated rings. The third kappa shape index (κ3) is 1.62. The average Bonchev–Trinajstić information content (AvgIpc) is 2.94. The number of fused-ring (bicyclic) bond motifs is 1. The zero-order chi connectivity index (χ0) is 12.7. The van der Waals surface area contributed by atoms with E-state index in [-0.39, 0.29) is 5.91 Å². The highest BCUT2D eigenvalue weighted by Gasteiger charge is 2.27. The molecule has 2 aromatic rings. The molecule has 0 radical (unpaired) electrons. The lowest BCUT2D eigenvalue weighted by atomic mass is 10.1. The van der Waals surface area contributed by atoms with Crippen molar-refractivity contribution in [3.8, 4) is 0 Å². The zero-order valence-corrected chi connectivity index (χ0v) is 10.00. The number of benzene rings is 1. The SMILES string of the molecule is Cn1ncc(C(=O)N2CCc3ccc(N)cc32)n1. The second kappa shape index (κ2) is 3.83. The fraction of sp³-hybridized carbons (Fsp3) is 0.250. The number of hydrogen-bond donors (Lipinski definition) is 1. The van der Waals surface area contributed by atoms with E-state index in [9.17, 15) is 4.79 Å². The Morgan fingerprint density at radius 1 is 1.44 bits per heavy atom. The molecule has 0 bridgehead atoms. The Morgan fingerprint density at radius 3 is 3.00 bits per heavy atom. The molecule has 0 saturated carbocycles. The van der Waals surface area contributed by atoms with Gasteiger partial charge in [0.2, 0.25) is 0 Å². The van der Waals surface area contributed by atoms with Crippen molar-refractivity contribution in [3.63, 3.8) is 0 Å². The molecule has 3 rings (SSSR count). The van der Waals surface area contributed by atoms with Crippen molar-refractivity contribution < 1.29 is 4.79 Å². The molecule has 2 N–H and O–H groups in total. The molecule has 6 heteroatoms. The van der Waals surface area contributed by atoms with Gasteiger partial charge < -0.3 is 10.6 Å². The first-order valence-electron chi connectivity index (χ1n) is 5.72. The molecule has 2 heterocycles. The predicted molar refractivity (Wildman–Crippen MR) is 67.2 cm³/mol. The Bertz CT molecular complexity index is 619. The maximum atomic E-state index is 12.3. The molecule has 0 saturated heterocycles. The largest absolute Gasteiger partial charge is 0.399 e. The summed E-state index contributed by atoms with van der Waals surface area (Å²) in [5.41, 5.74) is 8.80.